The summed E-state index contributed by atoms with van der Waals surface area (Å²) >= 11 is 1.65. The standard InChI is InChI=1S/C11H11NO2S/c1-12-9-4-3-8(15-2)5-7(9)6-10(13)11(12)14/h3-6,13H,1-2H3/p+1. The van der Waals surface area contributed by atoms with E-state index in [9.17, 15) is 10.2 Å². The number of pyridine rings is 1. The Balaban J connectivity index is 2.80. The lowest BCUT2D eigenvalue weighted by Crippen LogP contribution is -2.28. The van der Waals surface area contributed by atoms with Crippen LogP contribution in [-0.4, -0.2) is 16.5 Å². The van der Waals surface area contributed by atoms with Crippen LogP contribution >= 0.6 is 11.8 Å². The Labute approximate surface area is 92.0 Å². The van der Waals surface area contributed by atoms with Crippen molar-refractivity contribution in [1.29, 1.82) is 0 Å². The molecule has 3 nitrogen and oxygen atoms in total. The van der Waals surface area contributed by atoms with Crippen LogP contribution in [0.3, 0.4) is 0 Å². The van der Waals surface area contributed by atoms with Gasteiger partial charge in [-0.3, -0.25) is 0 Å². The summed E-state index contributed by atoms with van der Waals surface area (Å²) < 4.78 is 1.56. The first-order valence-electron chi connectivity index (χ1n) is 4.52. The first kappa shape index (κ1) is 10.1. The lowest BCUT2D eigenvalue weighted by atomic mass is 10.2. The smallest absolute Gasteiger partial charge is 0.409 e. The normalized spacial score (nSPS) is 10.8. The van der Waals surface area contributed by atoms with E-state index in [-0.39, 0.29) is 11.6 Å². The van der Waals surface area contributed by atoms with Gasteiger partial charge in [-0.2, -0.15) is 4.57 Å². The zero-order valence-electron chi connectivity index (χ0n) is 8.56. The van der Waals surface area contributed by atoms with Crippen molar-refractivity contribution in [3.8, 4) is 11.6 Å². The molecule has 0 amide bonds. The highest BCUT2D eigenvalue weighted by Gasteiger charge is 2.16. The molecule has 0 atom stereocenters. The fourth-order valence-corrected chi connectivity index (χ4v) is 2.03. The van der Waals surface area contributed by atoms with Gasteiger partial charge in [0.2, 0.25) is 11.3 Å². The molecule has 0 aliphatic rings. The molecule has 2 rings (SSSR count). The summed E-state index contributed by atoms with van der Waals surface area (Å²) in [5.41, 5.74) is 0.892. The van der Waals surface area contributed by atoms with Crippen molar-refractivity contribution >= 4 is 22.7 Å². The van der Waals surface area contributed by atoms with Gasteiger partial charge in [0, 0.05) is 17.0 Å². The van der Waals surface area contributed by atoms with E-state index in [4.69, 9.17) is 0 Å². The van der Waals surface area contributed by atoms with Gasteiger partial charge in [-0.25, -0.2) is 0 Å². The molecule has 1 aromatic carbocycles. The van der Waals surface area contributed by atoms with Crippen molar-refractivity contribution in [2.24, 2.45) is 7.05 Å². The van der Waals surface area contributed by atoms with Crippen molar-refractivity contribution in [3.63, 3.8) is 0 Å². The van der Waals surface area contributed by atoms with Crippen LogP contribution in [0.2, 0.25) is 0 Å². The summed E-state index contributed by atoms with van der Waals surface area (Å²) in [4.78, 5) is 1.13. The zero-order chi connectivity index (χ0) is 11.0. The fraction of sp³-hybridized carbons (Fsp3) is 0.182. The molecule has 0 saturated heterocycles. The second-order valence-corrected chi connectivity index (χ2v) is 4.22. The molecule has 2 aromatic rings. The molecule has 0 aliphatic carbocycles. The third-order valence-corrected chi connectivity index (χ3v) is 3.16. The van der Waals surface area contributed by atoms with Gasteiger partial charge in [-0.1, -0.05) is 0 Å². The highest BCUT2D eigenvalue weighted by Crippen LogP contribution is 2.27. The van der Waals surface area contributed by atoms with Crippen LogP contribution in [0.4, 0.5) is 0 Å². The van der Waals surface area contributed by atoms with Gasteiger partial charge in [-0.05, 0) is 18.4 Å². The molecule has 0 aliphatic heterocycles. The summed E-state index contributed by atoms with van der Waals surface area (Å²) in [7, 11) is 1.72. The number of aryl methyl sites for hydroxylation is 1. The van der Waals surface area contributed by atoms with Crippen molar-refractivity contribution < 1.29 is 14.8 Å². The summed E-state index contributed by atoms with van der Waals surface area (Å²) in [5.74, 6) is -0.206. The summed E-state index contributed by atoms with van der Waals surface area (Å²) in [6.07, 6.45) is 2.00. The molecule has 1 heterocycles. The zero-order valence-corrected chi connectivity index (χ0v) is 9.38. The van der Waals surface area contributed by atoms with Crippen LogP contribution in [0, 0.1) is 0 Å². The average Bonchev–Trinajstić information content (AvgIpc) is 2.25. The largest absolute Gasteiger partial charge is 0.500 e. The highest BCUT2D eigenvalue weighted by molar-refractivity contribution is 7.98. The maximum atomic E-state index is 9.54. The maximum Gasteiger partial charge on any atom is 0.409 e. The fourth-order valence-electron chi connectivity index (χ4n) is 1.58. The van der Waals surface area contributed by atoms with Crippen molar-refractivity contribution in [2.75, 3.05) is 6.26 Å². The summed E-state index contributed by atoms with van der Waals surface area (Å²) in [5, 5.41) is 19.9. The first-order chi connectivity index (χ1) is 7.13. The van der Waals surface area contributed by atoms with E-state index in [1.807, 2.05) is 24.5 Å². The van der Waals surface area contributed by atoms with E-state index in [1.54, 1.807) is 29.4 Å². The highest BCUT2D eigenvalue weighted by atomic mass is 32.2. The van der Waals surface area contributed by atoms with E-state index in [2.05, 4.69) is 0 Å². The monoisotopic (exact) mass is 222 g/mol. The first-order valence-corrected chi connectivity index (χ1v) is 5.74. The molecular weight excluding hydrogens is 210 g/mol. The molecule has 2 N–H and O–H groups in total. The van der Waals surface area contributed by atoms with Gasteiger partial charge in [0.25, 0.3) is 0 Å². The van der Waals surface area contributed by atoms with Gasteiger partial charge in [0.15, 0.2) is 0 Å². The van der Waals surface area contributed by atoms with Gasteiger partial charge in [0.05, 0.1) is 5.39 Å². The summed E-state index contributed by atoms with van der Waals surface area (Å²) in [6.45, 7) is 0. The van der Waals surface area contributed by atoms with Gasteiger partial charge in [-0.15, -0.1) is 11.8 Å². The minimum absolute atomic E-state index is 0.0942. The molecule has 0 spiro atoms. The van der Waals surface area contributed by atoms with Gasteiger partial charge < -0.3 is 10.2 Å². The number of fused-ring (bicyclic) bond motifs is 1. The number of aromatic hydroxyl groups is 2. The third-order valence-electron chi connectivity index (χ3n) is 2.44. The number of aromatic nitrogens is 1. The van der Waals surface area contributed by atoms with Crippen molar-refractivity contribution in [1.82, 2.24) is 0 Å². The molecule has 15 heavy (non-hydrogen) atoms. The van der Waals surface area contributed by atoms with Crippen LogP contribution < -0.4 is 4.57 Å². The number of hydrogen-bond acceptors (Lipinski definition) is 3. The molecule has 0 radical (unpaired) electrons. The second-order valence-electron chi connectivity index (χ2n) is 3.34. The van der Waals surface area contributed by atoms with E-state index in [1.165, 1.54) is 0 Å². The number of thioether (sulfide) groups is 1. The number of benzene rings is 1. The molecule has 0 saturated carbocycles. The van der Waals surface area contributed by atoms with E-state index in [0.717, 1.165) is 15.8 Å². The minimum atomic E-state index is -0.112. The Morgan fingerprint density at radius 2 is 1.93 bits per heavy atom. The van der Waals surface area contributed by atoms with Crippen molar-refractivity contribution in [2.45, 2.75) is 4.90 Å². The molecule has 0 unspecified atom stereocenters. The molecule has 1 aromatic heterocycles. The molecule has 0 bridgehead atoms. The Morgan fingerprint density at radius 3 is 2.60 bits per heavy atom. The van der Waals surface area contributed by atoms with E-state index >= 15 is 0 Å². The Bertz CT molecular complexity index is 525. The topological polar surface area (TPSA) is 44.3 Å². The summed E-state index contributed by atoms with van der Waals surface area (Å²) in [6, 6.07) is 7.48. The van der Waals surface area contributed by atoms with Crippen LogP contribution in [0.15, 0.2) is 29.2 Å². The van der Waals surface area contributed by atoms with Crippen LogP contribution in [0.1, 0.15) is 0 Å². The molecule has 0 fully saturated rings. The van der Waals surface area contributed by atoms with Crippen LogP contribution in [-0.2, 0) is 7.05 Å². The van der Waals surface area contributed by atoms with Crippen molar-refractivity contribution in [3.05, 3.63) is 24.3 Å². The number of hydrogen-bond donors (Lipinski definition) is 2. The second kappa shape index (κ2) is 3.62. The number of rotatable bonds is 1. The quantitative estimate of drug-likeness (QED) is 0.571. The minimum Gasteiger partial charge on any atom is -0.500 e. The third kappa shape index (κ3) is 1.61. The predicted molar refractivity (Wildman–Crippen MR) is 60.2 cm³/mol. The number of nitrogens with zero attached hydrogens (tertiary/aromatic N) is 1. The van der Waals surface area contributed by atoms with Crippen LogP contribution in [0.5, 0.6) is 11.6 Å². The van der Waals surface area contributed by atoms with Gasteiger partial charge in [0.1, 0.15) is 7.05 Å². The maximum absolute atomic E-state index is 9.54. The molecule has 78 valence electrons. The SMILES string of the molecule is CSc1ccc2c(c1)cc(O)c(O)[n+]2C. The Hall–Kier alpha value is -1.42. The Morgan fingerprint density at radius 1 is 1.20 bits per heavy atom. The van der Waals surface area contributed by atoms with Crippen LogP contribution in [0.25, 0.3) is 10.9 Å². The predicted octanol–water partition coefficient (Wildman–Crippen LogP) is 1.80. The van der Waals surface area contributed by atoms with Gasteiger partial charge >= 0.3 is 5.88 Å². The van der Waals surface area contributed by atoms with E-state index < -0.39 is 0 Å². The molecular formula is C11H12NO2S+. The Kier molecular flexibility index (Phi) is 2.44. The van der Waals surface area contributed by atoms with E-state index in [0.29, 0.717) is 0 Å². The lowest BCUT2D eigenvalue weighted by Gasteiger charge is -2.02. The molecule has 4 heteroatoms. The average molecular weight is 222 g/mol. The lowest BCUT2D eigenvalue weighted by molar-refractivity contribution is -0.652.